The quantitative estimate of drug-likeness (QED) is 0.517. The van der Waals surface area contributed by atoms with Gasteiger partial charge < -0.3 is 10.1 Å². The van der Waals surface area contributed by atoms with Crippen LogP contribution in [0.3, 0.4) is 0 Å². The molecule has 0 bridgehead atoms. The molecule has 2 aromatic carbocycles. The number of hydrogen-bond donors (Lipinski definition) is 1. The third-order valence-electron chi connectivity index (χ3n) is 3.31. The smallest absolute Gasteiger partial charge is 0.338 e. The Morgan fingerprint density at radius 2 is 1.88 bits per heavy atom. The summed E-state index contributed by atoms with van der Waals surface area (Å²) in [5.74, 6) is -1.27. The predicted octanol–water partition coefficient (Wildman–Crippen LogP) is 3.01. The zero-order valence-electron chi connectivity index (χ0n) is 13.2. The fourth-order valence-electron chi connectivity index (χ4n) is 2.18. The number of hydrogen-bond acceptors (Lipinski definition) is 5. The number of nitro groups is 1. The van der Waals surface area contributed by atoms with Crippen molar-refractivity contribution in [3.8, 4) is 0 Å². The number of nitro benzene ring substituents is 1. The first kappa shape index (κ1) is 17.1. The highest BCUT2D eigenvalue weighted by Gasteiger charge is 2.17. The Morgan fingerprint density at radius 1 is 1.17 bits per heavy atom. The zero-order chi connectivity index (χ0) is 17.7. The number of anilines is 1. The Labute approximate surface area is 138 Å². The van der Waals surface area contributed by atoms with E-state index >= 15 is 0 Å². The Morgan fingerprint density at radius 3 is 2.54 bits per heavy atom. The lowest BCUT2D eigenvalue weighted by atomic mass is 10.1. The van der Waals surface area contributed by atoms with Crippen LogP contribution in [-0.2, 0) is 9.53 Å². The van der Waals surface area contributed by atoms with Crippen molar-refractivity contribution in [3.63, 3.8) is 0 Å². The van der Waals surface area contributed by atoms with Gasteiger partial charge >= 0.3 is 5.97 Å². The van der Waals surface area contributed by atoms with Gasteiger partial charge in [0.1, 0.15) is 5.69 Å². The fourth-order valence-corrected chi connectivity index (χ4v) is 2.18. The Hall–Kier alpha value is -3.22. The van der Waals surface area contributed by atoms with E-state index in [1.807, 2.05) is 13.0 Å². The summed E-state index contributed by atoms with van der Waals surface area (Å²) in [6, 6.07) is 11.0. The number of nitrogens with one attached hydrogen (secondary N) is 1. The van der Waals surface area contributed by atoms with Crippen molar-refractivity contribution < 1.29 is 19.2 Å². The van der Waals surface area contributed by atoms with Gasteiger partial charge in [0.15, 0.2) is 6.61 Å². The van der Waals surface area contributed by atoms with Gasteiger partial charge in [-0.25, -0.2) is 4.79 Å². The van der Waals surface area contributed by atoms with Crippen molar-refractivity contribution >= 4 is 23.3 Å². The Bertz CT molecular complexity index is 801. The maximum atomic E-state index is 12.0. The maximum absolute atomic E-state index is 12.0. The minimum absolute atomic E-state index is 0.0510. The highest BCUT2D eigenvalue weighted by Crippen LogP contribution is 2.23. The fraction of sp³-hybridized carbons (Fsp3) is 0.176. The van der Waals surface area contributed by atoms with Crippen molar-refractivity contribution in [3.05, 3.63) is 69.3 Å². The average Bonchev–Trinajstić information content (AvgIpc) is 2.53. The highest BCUT2D eigenvalue weighted by atomic mass is 16.6. The van der Waals surface area contributed by atoms with E-state index in [1.54, 1.807) is 25.1 Å². The Balaban J connectivity index is 1.99. The Kier molecular flexibility index (Phi) is 5.26. The predicted molar refractivity (Wildman–Crippen MR) is 87.9 cm³/mol. The molecule has 2 aromatic rings. The summed E-state index contributed by atoms with van der Waals surface area (Å²) in [6.07, 6.45) is 0. The summed E-state index contributed by atoms with van der Waals surface area (Å²) in [5.41, 5.74) is 1.96. The van der Waals surface area contributed by atoms with Gasteiger partial charge in [-0.2, -0.15) is 0 Å². The van der Waals surface area contributed by atoms with Crippen molar-refractivity contribution in [2.75, 3.05) is 11.9 Å². The first-order valence-electron chi connectivity index (χ1n) is 7.16. The average molecular weight is 328 g/mol. The van der Waals surface area contributed by atoms with Crippen molar-refractivity contribution in [1.29, 1.82) is 0 Å². The van der Waals surface area contributed by atoms with Crippen molar-refractivity contribution in [2.45, 2.75) is 13.8 Å². The molecule has 24 heavy (non-hydrogen) atoms. The number of carbonyl (C=O) groups excluding carboxylic acids is 2. The molecular formula is C17H16N2O5. The van der Waals surface area contributed by atoms with Crippen LogP contribution in [0.2, 0.25) is 0 Å². The molecule has 0 fully saturated rings. The van der Waals surface area contributed by atoms with Crippen LogP contribution in [0.4, 0.5) is 11.4 Å². The number of ether oxygens (including phenoxy) is 1. The normalized spacial score (nSPS) is 10.1. The number of nitrogens with zero attached hydrogens (tertiary/aromatic N) is 1. The molecule has 0 aliphatic rings. The van der Waals surface area contributed by atoms with Gasteiger partial charge in [0.25, 0.3) is 11.6 Å². The number of benzene rings is 2. The van der Waals surface area contributed by atoms with E-state index in [9.17, 15) is 19.7 Å². The molecular weight excluding hydrogens is 312 g/mol. The van der Waals surface area contributed by atoms with E-state index in [0.29, 0.717) is 5.56 Å². The number of amides is 1. The second-order valence-corrected chi connectivity index (χ2v) is 5.22. The van der Waals surface area contributed by atoms with E-state index in [0.717, 1.165) is 11.1 Å². The summed E-state index contributed by atoms with van der Waals surface area (Å²) in [4.78, 5) is 34.1. The minimum Gasteiger partial charge on any atom is -0.452 e. The molecule has 0 unspecified atom stereocenters. The third kappa shape index (κ3) is 4.16. The van der Waals surface area contributed by atoms with Crippen molar-refractivity contribution in [2.24, 2.45) is 0 Å². The van der Waals surface area contributed by atoms with Crippen LogP contribution < -0.4 is 5.32 Å². The van der Waals surface area contributed by atoms with Crippen molar-refractivity contribution in [1.82, 2.24) is 0 Å². The molecule has 0 aliphatic carbocycles. The number of aryl methyl sites for hydroxylation is 2. The molecule has 7 heteroatoms. The molecule has 7 nitrogen and oxygen atoms in total. The molecule has 0 spiro atoms. The monoisotopic (exact) mass is 328 g/mol. The summed E-state index contributed by atoms with van der Waals surface area (Å²) in [6.45, 7) is 3.15. The molecule has 0 heterocycles. The molecule has 0 saturated heterocycles. The van der Waals surface area contributed by atoms with Crippen LogP contribution in [0, 0.1) is 24.0 Å². The van der Waals surface area contributed by atoms with Gasteiger partial charge in [-0.1, -0.05) is 29.8 Å². The molecule has 1 amide bonds. The summed E-state index contributed by atoms with van der Waals surface area (Å²) < 4.78 is 4.96. The van der Waals surface area contributed by atoms with E-state index in [-0.39, 0.29) is 11.4 Å². The SMILES string of the molecule is Cc1ccc(C(=O)OCC(=O)Nc2ccccc2[N+](=O)[O-])c(C)c1. The lowest BCUT2D eigenvalue weighted by Gasteiger charge is -2.09. The minimum atomic E-state index is -0.651. The second kappa shape index (κ2) is 7.36. The van der Waals surface area contributed by atoms with Crippen LogP contribution in [0.5, 0.6) is 0 Å². The number of rotatable bonds is 5. The van der Waals surface area contributed by atoms with Gasteiger partial charge in [0, 0.05) is 6.07 Å². The molecule has 0 saturated carbocycles. The standard InChI is InChI=1S/C17H16N2O5/c1-11-7-8-13(12(2)9-11)17(21)24-10-16(20)18-14-5-3-4-6-15(14)19(22)23/h3-9H,10H2,1-2H3,(H,18,20). The molecule has 0 radical (unpaired) electrons. The molecule has 0 atom stereocenters. The number of carbonyl (C=O) groups is 2. The van der Waals surface area contributed by atoms with Crippen LogP contribution in [-0.4, -0.2) is 23.4 Å². The van der Waals surface area contributed by atoms with Crippen LogP contribution in [0.1, 0.15) is 21.5 Å². The van der Waals surface area contributed by atoms with E-state index in [2.05, 4.69) is 5.32 Å². The first-order valence-corrected chi connectivity index (χ1v) is 7.16. The zero-order valence-corrected chi connectivity index (χ0v) is 13.2. The molecule has 1 N–H and O–H groups in total. The second-order valence-electron chi connectivity index (χ2n) is 5.22. The lowest BCUT2D eigenvalue weighted by molar-refractivity contribution is -0.383. The topological polar surface area (TPSA) is 98.5 Å². The summed E-state index contributed by atoms with van der Waals surface area (Å²) in [5, 5.41) is 13.3. The molecule has 0 aromatic heterocycles. The lowest BCUT2D eigenvalue weighted by Crippen LogP contribution is -2.21. The summed E-state index contributed by atoms with van der Waals surface area (Å²) >= 11 is 0. The molecule has 2 rings (SSSR count). The van der Waals surface area contributed by atoms with E-state index < -0.39 is 23.4 Å². The van der Waals surface area contributed by atoms with E-state index in [4.69, 9.17) is 4.74 Å². The number of esters is 1. The highest BCUT2D eigenvalue weighted by molar-refractivity contribution is 5.97. The largest absolute Gasteiger partial charge is 0.452 e. The van der Waals surface area contributed by atoms with E-state index in [1.165, 1.54) is 18.2 Å². The van der Waals surface area contributed by atoms with Gasteiger partial charge in [-0.15, -0.1) is 0 Å². The van der Waals surface area contributed by atoms with Gasteiger partial charge in [0.05, 0.1) is 10.5 Å². The maximum Gasteiger partial charge on any atom is 0.338 e. The molecule has 124 valence electrons. The van der Waals surface area contributed by atoms with Gasteiger partial charge in [-0.05, 0) is 31.5 Å². The van der Waals surface area contributed by atoms with Crippen LogP contribution in [0.15, 0.2) is 42.5 Å². The van der Waals surface area contributed by atoms with Crippen LogP contribution >= 0.6 is 0 Å². The summed E-state index contributed by atoms with van der Waals surface area (Å²) in [7, 11) is 0. The molecule has 0 aliphatic heterocycles. The van der Waals surface area contributed by atoms with Gasteiger partial charge in [0.2, 0.25) is 0 Å². The first-order chi connectivity index (χ1) is 11.4. The van der Waals surface area contributed by atoms with Gasteiger partial charge in [-0.3, -0.25) is 14.9 Å². The third-order valence-corrected chi connectivity index (χ3v) is 3.31. The van der Waals surface area contributed by atoms with Crippen LogP contribution in [0.25, 0.3) is 0 Å². The number of para-hydroxylation sites is 2.